The Labute approximate surface area is 151 Å². The highest BCUT2D eigenvalue weighted by Gasteiger charge is 2.21. The van der Waals surface area contributed by atoms with E-state index >= 15 is 0 Å². The highest BCUT2D eigenvalue weighted by atomic mass is 32.1. The fourth-order valence-electron chi connectivity index (χ4n) is 3.58. The van der Waals surface area contributed by atoms with E-state index in [0.29, 0.717) is 5.82 Å². The summed E-state index contributed by atoms with van der Waals surface area (Å²) in [4.78, 5) is 23.5. The third-order valence-electron chi connectivity index (χ3n) is 4.59. The fraction of sp³-hybridized carbons (Fsp3) is 0.300. The number of hydrogen-bond acceptors (Lipinski definition) is 4. The average molecular weight is 351 g/mol. The number of rotatable bonds is 3. The van der Waals surface area contributed by atoms with Crippen molar-refractivity contribution in [2.75, 3.05) is 6.54 Å². The van der Waals surface area contributed by atoms with E-state index in [9.17, 15) is 4.79 Å². The van der Waals surface area contributed by atoms with Gasteiger partial charge in [-0.05, 0) is 37.3 Å². The van der Waals surface area contributed by atoms with Crippen LogP contribution in [0.4, 0.5) is 0 Å². The van der Waals surface area contributed by atoms with Gasteiger partial charge in [0.1, 0.15) is 0 Å². The summed E-state index contributed by atoms with van der Waals surface area (Å²) >= 11 is 1.60. The summed E-state index contributed by atoms with van der Waals surface area (Å²) in [6.07, 6.45) is 0.757. The third-order valence-corrected chi connectivity index (χ3v) is 5.47. The van der Waals surface area contributed by atoms with Crippen molar-refractivity contribution in [1.82, 2.24) is 14.9 Å². The van der Waals surface area contributed by atoms with Crippen LogP contribution in [0.5, 0.6) is 0 Å². The molecule has 0 radical (unpaired) electrons. The maximum absolute atomic E-state index is 12.4. The maximum Gasteiger partial charge on any atom is 0.254 e. The summed E-state index contributed by atoms with van der Waals surface area (Å²) in [6.45, 7) is 6.78. The first kappa shape index (κ1) is 16.2. The van der Waals surface area contributed by atoms with Gasteiger partial charge in [0.2, 0.25) is 0 Å². The minimum Gasteiger partial charge on any atom is -0.306 e. The molecule has 5 heteroatoms. The quantitative estimate of drug-likeness (QED) is 0.783. The van der Waals surface area contributed by atoms with Crippen molar-refractivity contribution in [3.05, 3.63) is 74.0 Å². The lowest BCUT2D eigenvalue weighted by atomic mass is 10.0. The van der Waals surface area contributed by atoms with Gasteiger partial charge in [-0.25, -0.2) is 4.98 Å². The average Bonchev–Trinajstić information content (AvgIpc) is 3.08. The number of nitrogens with zero attached hydrogens (tertiary/aromatic N) is 2. The number of thiophene rings is 1. The van der Waals surface area contributed by atoms with Gasteiger partial charge in [0.25, 0.3) is 5.56 Å². The molecule has 0 fully saturated rings. The van der Waals surface area contributed by atoms with Crippen LogP contribution >= 0.6 is 11.3 Å². The van der Waals surface area contributed by atoms with Gasteiger partial charge in [0.15, 0.2) is 5.82 Å². The van der Waals surface area contributed by atoms with Crippen LogP contribution in [0.2, 0.25) is 0 Å². The highest BCUT2D eigenvalue weighted by Crippen LogP contribution is 2.23. The van der Waals surface area contributed by atoms with E-state index in [2.05, 4.69) is 41.9 Å². The number of benzene rings is 1. The van der Waals surface area contributed by atoms with E-state index in [1.54, 1.807) is 11.3 Å². The van der Waals surface area contributed by atoms with Gasteiger partial charge < -0.3 is 4.98 Å². The van der Waals surface area contributed by atoms with Crippen LogP contribution in [0.25, 0.3) is 10.7 Å². The molecule has 1 aliphatic heterocycles. The summed E-state index contributed by atoms with van der Waals surface area (Å²) in [5.74, 6) is 0.687. The second-order valence-electron chi connectivity index (χ2n) is 6.77. The van der Waals surface area contributed by atoms with E-state index in [-0.39, 0.29) is 5.56 Å². The summed E-state index contributed by atoms with van der Waals surface area (Å²) in [5, 5.41) is 2.00. The topological polar surface area (TPSA) is 49.0 Å². The lowest BCUT2D eigenvalue weighted by Gasteiger charge is -2.28. The molecule has 0 unspecified atom stereocenters. The Bertz CT molecular complexity index is 939. The highest BCUT2D eigenvalue weighted by molar-refractivity contribution is 7.13. The number of aryl methyl sites for hydroxylation is 2. The molecule has 2 aromatic heterocycles. The summed E-state index contributed by atoms with van der Waals surface area (Å²) < 4.78 is 0. The molecule has 4 rings (SSSR count). The van der Waals surface area contributed by atoms with Crippen molar-refractivity contribution in [3.63, 3.8) is 0 Å². The zero-order valence-electron chi connectivity index (χ0n) is 14.5. The lowest BCUT2D eigenvalue weighted by molar-refractivity contribution is 0.240. The van der Waals surface area contributed by atoms with Gasteiger partial charge in [-0.3, -0.25) is 9.69 Å². The van der Waals surface area contributed by atoms with Gasteiger partial charge in [-0.1, -0.05) is 35.4 Å². The second-order valence-corrected chi connectivity index (χ2v) is 7.72. The van der Waals surface area contributed by atoms with Gasteiger partial charge in [0.05, 0.1) is 10.6 Å². The summed E-state index contributed by atoms with van der Waals surface area (Å²) in [6, 6.07) is 10.6. The van der Waals surface area contributed by atoms with Crippen molar-refractivity contribution < 1.29 is 0 Å². The van der Waals surface area contributed by atoms with Crippen molar-refractivity contribution in [3.8, 4) is 10.7 Å². The SMILES string of the molecule is Cc1cc(C)cc(CN2CCc3c(nc(-c4cccs4)[nH]c3=O)C2)c1. The first-order valence-electron chi connectivity index (χ1n) is 8.54. The molecule has 0 bridgehead atoms. The Balaban J connectivity index is 1.61. The Morgan fingerprint density at radius 1 is 1.24 bits per heavy atom. The zero-order valence-corrected chi connectivity index (χ0v) is 15.3. The standard InChI is InChI=1S/C20H21N3OS/c1-13-8-14(2)10-15(9-13)11-23-6-5-16-17(12-23)21-19(22-20(16)24)18-4-3-7-25-18/h3-4,7-10H,5-6,11-12H2,1-2H3,(H,21,22,24). The largest absolute Gasteiger partial charge is 0.306 e. The minimum absolute atomic E-state index is 0.0134. The number of nitrogens with one attached hydrogen (secondary N) is 1. The van der Waals surface area contributed by atoms with Crippen LogP contribution < -0.4 is 5.56 Å². The number of fused-ring (bicyclic) bond motifs is 1. The van der Waals surface area contributed by atoms with Crippen LogP contribution in [-0.4, -0.2) is 21.4 Å². The molecule has 0 aliphatic carbocycles. The number of aromatic amines is 1. The van der Waals surface area contributed by atoms with Crippen LogP contribution in [0.15, 0.2) is 40.5 Å². The van der Waals surface area contributed by atoms with Crippen LogP contribution in [0.3, 0.4) is 0 Å². The van der Waals surface area contributed by atoms with E-state index in [1.165, 1.54) is 16.7 Å². The zero-order chi connectivity index (χ0) is 17.4. The summed E-state index contributed by atoms with van der Waals surface area (Å²) in [5.41, 5.74) is 5.69. The minimum atomic E-state index is 0.0134. The van der Waals surface area contributed by atoms with E-state index < -0.39 is 0 Å². The van der Waals surface area contributed by atoms with Crippen molar-refractivity contribution in [2.24, 2.45) is 0 Å². The molecule has 1 aliphatic rings. The fourth-order valence-corrected chi connectivity index (χ4v) is 4.25. The molecular weight excluding hydrogens is 330 g/mol. The van der Waals surface area contributed by atoms with Crippen molar-refractivity contribution in [1.29, 1.82) is 0 Å². The molecule has 0 saturated carbocycles. The molecule has 1 aromatic carbocycles. The van der Waals surface area contributed by atoms with Gasteiger partial charge in [-0.15, -0.1) is 11.3 Å². The molecule has 3 heterocycles. The van der Waals surface area contributed by atoms with Gasteiger partial charge in [-0.2, -0.15) is 0 Å². The van der Waals surface area contributed by atoms with E-state index in [1.807, 2.05) is 17.5 Å². The molecule has 0 atom stereocenters. The van der Waals surface area contributed by atoms with Crippen LogP contribution in [0.1, 0.15) is 27.9 Å². The molecule has 0 spiro atoms. The van der Waals surface area contributed by atoms with E-state index in [0.717, 1.165) is 42.2 Å². The number of aromatic nitrogens is 2. The third kappa shape index (κ3) is 3.43. The van der Waals surface area contributed by atoms with Gasteiger partial charge in [0, 0.05) is 25.2 Å². The number of hydrogen-bond donors (Lipinski definition) is 1. The molecule has 0 amide bonds. The predicted octanol–water partition coefficient (Wildman–Crippen LogP) is 3.67. The van der Waals surface area contributed by atoms with Gasteiger partial charge >= 0.3 is 0 Å². The van der Waals surface area contributed by atoms with Crippen LogP contribution in [-0.2, 0) is 19.5 Å². The smallest absolute Gasteiger partial charge is 0.254 e. The molecule has 25 heavy (non-hydrogen) atoms. The number of H-pyrrole nitrogens is 1. The second kappa shape index (κ2) is 6.58. The molecule has 4 nitrogen and oxygen atoms in total. The Kier molecular flexibility index (Phi) is 4.27. The molecule has 0 saturated heterocycles. The maximum atomic E-state index is 12.4. The molecule has 3 aromatic rings. The monoisotopic (exact) mass is 351 g/mol. The first-order valence-corrected chi connectivity index (χ1v) is 9.42. The Morgan fingerprint density at radius 2 is 2.04 bits per heavy atom. The first-order chi connectivity index (χ1) is 12.1. The normalized spacial score (nSPS) is 14.5. The van der Waals surface area contributed by atoms with Crippen LogP contribution in [0, 0.1) is 13.8 Å². The summed E-state index contributed by atoms with van der Waals surface area (Å²) in [7, 11) is 0. The Morgan fingerprint density at radius 3 is 2.76 bits per heavy atom. The molecule has 1 N–H and O–H groups in total. The molecule has 128 valence electrons. The predicted molar refractivity (Wildman–Crippen MR) is 102 cm³/mol. The van der Waals surface area contributed by atoms with Crippen molar-refractivity contribution in [2.45, 2.75) is 33.4 Å². The Hall–Kier alpha value is -2.24. The van der Waals surface area contributed by atoms with E-state index in [4.69, 9.17) is 4.98 Å². The van der Waals surface area contributed by atoms with Crippen molar-refractivity contribution >= 4 is 11.3 Å². The lowest BCUT2D eigenvalue weighted by Crippen LogP contribution is -2.35. The molecular formula is C20H21N3OS.